The Labute approximate surface area is 97.4 Å². The third kappa shape index (κ3) is 2.15. The van der Waals surface area contributed by atoms with Gasteiger partial charge in [0, 0.05) is 6.42 Å². The van der Waals surface area contributed by atoms with Gasteiger partial charge in [0.1, 0.15) is 18.0 Å². The molecule has 6 heteroatoms. The molecule has 2 N–H and O–H groups in total. The van der Waals surface area contributed by atoms with Crippen molar-refractivity contribution >= 4 is 11.8 Å². The van der Waals surface area contributed by atoms with E-state index in [0.29, 0.717) is 5.76 Å². The fraction of sp³-hybridized carbons (Fsp3) is 0.455. The molecule has 0 bridgehead atoms. The van der Waals surface area contributed by atoms with Crippen LogP contribution in [0.2, 0.25) is 0 Å². The van der Waals surface area contributed by atoms with Gasteiger partial charge in [-0.25, -0.2) is 4.39 Å². The van der Waals surface area contributed by atoms with Crippen LogP contribution in [0, 0.1) is 6.92 Å². The normalized spacial score (nSPS) is 24.0. The fourth-order valence-corrected chi connectivity index (χ4v) is 1.97. The van der Waals surface area contributed by atoms with Crippen molar-refractivity contribution in [2.75, 3.05) is 6.54 Å². The molecule has 0 unspecified atom stereocenters. The lowest BCUT2D eigenvalue weighted by molar-refractivity contribution is -0.121. The van der Waals surface area contributed by atoms with Crippen LogP contribution in [-0.2, 0) is 4.79 Å². The zero-order valence-corrected chi connectivity index (χ0v) is 9.35. The van der Waals surface area contributed by atoms with Crippen LogP contribution >= 0.6 is 0 Å². The van der Waals surface area contributed by atoms with Gasteiger partial charge >= 0.3 is 0 Å². The van der Waals surface area contributed by atoms with Gasteiger partial charge in [0.05, 0.1) is 6.54 Å². The smallest absolute Gasteiger partial charge is 0.290 e. The first-order chi connectivity index (χ1) is 7.99. The monoisotopic (exact) mass is 240 g/mol. The molecule has 1 aromatic heterocycles. The highest BCUT2D eigenvalue weighted by atomic mass is 19.1. The van der Waals surface area contributed by atoms with Gasteiger partial charge in [0.2, 0.25) is 5.91 Å². The van der Waals surface area contributed by atoms with Crippen LogP contribution in [0.3, 0.4) is 0 Å². The van der Waals surface area contributed by atoms with E-state index in [0.717, 1.165) is 4.90 Å². The Morgan fingerprint density at radius 2 is 2.24 bits per heavy atom. The van der Waals surface area contributed by atoms with Crippen LogP contribution in [0.1, 0.15) is 22.7 Å². The number of alkyl halides is 1. The largest absolute Gasteiger partial charge is 0.456 e. The number of hydrogen-bond donors (Lipinski definition) is 1. The maximum absolute atomic E-state index is 13.2. The molecule has 1 aromatic rings. The molecule has 17 heavy (non-hydrogen) atoms. The number of hydrogen-bond acceptors (Lipinski definition) is 3. The molecule has 92 valence electrons. The van der Waals surface area contributed by atoms with Crippen molar-refractivity contribution in [3.8, 4) is 0 Å². The summed E-state index contributed by atoms with van der Waals surface area (Å²) in [5.41, 5.74) is 5.14. The van der Waals surface area contributed by atoms with E-state index in [1.165, 1.54) is 6.07 Å². The third-order valence-corrected chi connectivity index (χ3v) is 2.79. The minimum absolute atomic E-state index is 0.0409. The molecule has 1 aliphatic rings. The highest BCUT2D eigenvalue weighted by Crippen LogP contribution is 2.23. The third-order valence-electron chi connectivity index (χ3n) is 2.79. The van der Waals surface area contributed by atoms with E-state index >= 15 is 0 Å². The molecule has 2 rings (SSSR count). The second kappa shape index (κ2) is 4.20. The summed E-state index contributed by atoms with van der Waals surface area (Å²) in [5.74, 6) is -0.508. The van der Waals surface area contributed by atoms with E-state index in [1.807, 2.05) is 0 Å². The van der Waals surface area contributed by atoms with Gasteiger partial charge in [-0.15, -0.1) is 0 Å². The van der Waals surface area contributed by atoms with Gasteiger partial charge in [-0.05, 0) is 19.1 Å². The highest BCUT2D eigenvalue weighted by molar-refractivity contribution is 5.95. The topological polar surface area (TPSA) is 76.5 Å². The van der Waals surface area contributed by atoms with E-state index < -0.39 is 24.0 Å². The molecule has 2 atom stereocenters. The Hall–Kier alpha value is -1.85. The molecule has 0 radical (unpaired) electrons. The van der Waals surface area contributed by atoms with Crippen molar-refractivity contribution in [2.24, 2.45) is 5.73 Å². The number of furan rings is 1. The first-order valence-corrected chi connectivity index (χ1v) is 5.30. The molecule has 0 aliphatic carbocycles. The number of amides is 2. The van der Waals surface area contributed by atoms with Crippen LogP contribution in [-0.4, -0.2) is 35.5 Å². The van der Waals surface area contributed by atoms with Crippen LogP contribution in [0.25, 0.3) is 0 Å². The van der Waals surface area contributed by atoms with Crippen molar-refractivity contribution in [1.29, 1.82) is 0 Å². The van der Waals surface area contributed by atoms with E-state index in [-0.39, 0.29) is 18.7 Å². The summed E-state index contributed by atoms with van der Waals surface area (Å²) < 4.78 is 18.4. The van der Waals surface area contributed by atoms with Crippen LogP contribution in [0.5, 0.6) is 0 Å². The van der Waals surface area contributed by atoms with Crippen molar-refractivity contribution in [3.05, 3.63) is 23.7 Å². The Kier molecular flexibility index (Phi) is 2.87. The van der Waals surface area contributed by atoms with Crippen LogP contribution in [0.15, 0.2) is 16.5 Å². The van der Waals surface area contributed by atoms with Crippen molar-refractivity contribution in [1.82, 2.24) is 4.90 Å². The molecule has 0 saturated carbocycles. The summed E-state index contributed by atoms with van der Waals surface area (Å²) in [6, 6.07) is 2.25. The highest BCUT2D eigenvalue weighted by Gasteiger charge is 2.39. The summed E-state index contributed by atoms with van der Waals surface area (Å²) in [6.45, 7) is 1.58. The van der Waals surface area contributed by atoms with Gasteiger partial charge in [-0.1, -0.05) is 0 Å². The summed E-state index contributed by atoms with van der Waals surface area (Å²) in [7, 11) is 0. The van der Waals surface area contributed by atoms with Crippen molar-refractivity contribution < 1.29 is 18.4 Å². The quantitative estimate of drug-likeness (QED) is 0.823. The first kappa shape index (κ1) is 11.6. The number of aryl methyl sites for hydroxylation is 1. The number of primary amides is 1. The Morgan fingerprint density at radius 3 is 2.76 bits per heavy atom. The lowest BCUT2D eigenvalue weighted by Gasteiger charge is -2.20. The minimum atomic E-state index is -1.22. The molecule has 1 aliphatic heterocycles. The summed E-state index contributed by atoms with van der Waals surface area (Å²) in [4.78, 5) is 24.2. The fourth-order valence-electron chi connectivity index (χ4n) is 1.97. The molecule has 0 spiro atoms. The van der Waals surface area contributed by atoms with Crippen molar-refractivity contribution in [3.63, 3.8) is 0 Å². The molecule has 5 nitrogen and oxygen atoms in total. The maximum atomic E-state index is 13.2. The lowest BCUT2D eigenvalue weighted by Crippen LogP contribution is -2.43. The molecule has 1 fully saturated rings. The van der Waals surface area contributed by atoms with Crippen LogP contribution in [0.4, 0.5) is 4.39 Å². The first-order valence-electron chi connectivity index (χ1n) is 5.30. The number of nitrogens with two attached hydrogens (primary N) is 1. The molecular formula is C11H13FN2O3. The molecule has 2 amide bonds. The van der Waals surface area contributed by atoms with E-state index in [1.54, 1.807) is 13.0 Å². The number of nitrogens with zero attached hydrogens (tertiary/aromatic N) is 1. The lowest BCUT2D eigenvalue weighted by atomic mass is 10.2. The van der Waals surface area contributed by atoms with Crippen LogP contribution < -0.4 is 5.73 Å². The zero-order chi connectivity index (χ0) is 12.6. The van der Waals surface area contributed by atoms with Gasteiger partial charge in [0.25, 0.3) is 5.91 Å². The number of carbonyl (C=O) groups is 2. The Morgan fingerprint density at radius 1 is 1.53 bits per heavy atom. The maximum Gasteiger partial charge on any atom is 0.290 e. The molecule has 2 heterocycles. The van der Waals surface area contributed by atoms with Gasteiger partial charge < -0.3 is 15.1 Å². The standard InChI is InChI=1S/C11H13FN2O3/c1-6-2-3-9(17-6)11(16)14-5-7(12)4-8(14)10(13)15/h2-3,7-8H,4-5H2,1H3,(H2,13,15)/t7-,8+/m1/s1. The van der Waals surface area contributed by atoms with Crippen molar-refractivity contribution in [2.45, 2.75) is 25.6 Å². The van der Waals surface area contributed by atoms with E-state index in [2.05, 4.69) is 0 Å². The molecular weight excluding hydrogens is 227 g/mol. The SMILES string of the molecule is Cc1ccc(C(=O)N2C[C@H](F)C[C@H]2C(N)=O)o1. The second-order valence-corrected chi connectivity index (χ2v) is 4.12. The predicted molar refractivity (Wildman–Crippen MR) is 57.0 cm³/mol. The molecule has 0 aromatic carbocycles. The summed E-state index contributed by atoms with van der Waals surface area (Å²) >= 11 is 0. The summed E-state index contributed by atoms with van der Waals surface area (Å²) in [5, 5.41) is 0. The summed E-state index contributed by atoms with van der Waals surface area (Å²) in [6.07, 6.45) is -1.26. The van der Waals surface area contributed by atoms with E-state index in [4.69, 9.17) is 10.2 Å². The number of likely N-dealkylation sites (tertiary alicyclic amines) is 1. The van der Waals surface area contributed by atoms with Gasteiger partial charge in [-0.2, -0.15) is 0 Å². The number of carbonyl (C=O) groups excluding carboxylic acids is 2. The second-order valence-electron chi connectivity index (χ2n) is 4.12. The average Bonchev–Trinajstić information content (AvgIpc) is 2.83. The Balaban J connectivity index is 2.21. The zero-order valence-electron chi connectivity index (χ0n) is 9.35. The average molecular weight is 240 g/mol. The predicted octanol–water partition coefficient (Wildman–Crippen LogP) is 0.626. The van der Waals surface area contributed by atoms with Gasteiger partial charge in [-0.3, -0.25) is 9.59 Å². The molecule has 1 saturated heterocycles. The van der Waals surface area contributed by atoms with E-state index in [9.17, 15) is 14.0 Å². The number of halogens is 1. The Bertz CT molecular complexity index is 457. The minimum Gasteiger partial charge on any atom is -0.456 e. The van der Waals surface area contributed by atoms with Gasteiger partial charge in [0.15, 0.2) is 5.76 Å². The number of rotatable bonds is 2.